The molecule has 1 amide bonds. The van der Waals surface area contributed by atoms with Crippen molar-refractivity contribution in [3.8, 4) is 0 Å². The normalized spacial score (nSPS) is 14.3. The smallest absolute Gasteiger partial charge is 0.306 e. The number of likely N-dealkylation sites (N-methyl/N-ethyl adjacent to an activating group) is 1. The molecule has 0 aliphatic rings. The van der Waals surface area contributed by atoms with Crippen LogP contribution in [0, 0.1) is 0 Å². The van der Waals surface area contributed by atoms with E-state index < -0.39 is 26.6 Å². The molecule has 488 valence electrons. The van der Waals surface area contributed by atoms with E-state index in [1.807, 2.05) is 33.3 Å². The summed E-state index contributed by atoms with van der Waals surface area (Å²) in [6.45, 7) is 6.67. The third-order valence-electron chi connectivity index (χ3n) is 14.9. The molecule has 0 fully saturated rings. The number of amides is 1. The Morgan fingerprint density at radius 3 is 1.16 bits per heavy atom. The van der Waals surface area contributed by atoms with Crippen molar-refractivity contribution >= 4 is 19.7 Å². The quantitative estimate of drug-likeness (QED) is 0.0212. The lowest BCUT2D eigenvalue weighted by atomic mass is 10.0. The van der Waals surface area contributed by atoms with Crippen molar-refractivity contribution in [1.82, 2.24) is 5.32 Å². The van der Waals surface area contributed by atoms with Gasteiger partial charge in [-0.3, -0.25) is 14.2 Å². The van der Waals surface area contributed by atoms with Crippen molar-refractivity contribution in [2.75, 3.05) is 40.9 Å². The Morgan fingerprint density at radius 1 is 0.424 bits per heavy atom. The predicted molar refractivity (Wildman–Crippen MR) is 367 cm³/mol. The molecule has 0 aliphatic heterocycles. The Kier molecular flexibility index (Phi) is 60.8. The van der Waals surface area contributed by atoms with Crippen LogP contribution in [0.1, 0.15) is 290 Å². The van der Waals surface area contributed by atoms with E-state index in [4.69, 9.17) is 13.8 Å². The molecule has 0 heterocycles. The fourth-order valence-corrected chi connectivity index (χ4v) is 10.3. The van der Waals surface area contributed by atoms with Crippen LogP contribution in [0.15, 0.2) is 122 Å². The van der Waals surface area contributed by atoms with Gasteiger partial charge < -0.3 is 28.5 Å². The molecule has 0 bridgehead atoms. The van der Waals surface area contributed by atoms with E-state index in [0.717, 1.165) is 109 Å². The number of phosphoric acid groups is 1. The lowest BCUT2D eigenvalue weighted by molar-refractivity contribution is -0.870. The predicted octanol–water partition coefficient (Wildman–Crippen LogP) is 21.6. The topological polar surface area (TPSA) is 114 Å². The molecule has 0 aromatic carbocycles. The van der Waals surface area contributed by atoms with Crippen LogP contribution < -0.4 is 10.2 Å². The van der Waals surface area contributed by atoms with Gasteiger partial charge in [0.05, 0.1) is 33.8 Å². The summed E-state index contributed by atoms with van der Waals surface area (Å²) in [7, 11) is 1.15. The fraction of sp³-hybridized carbons (Fsp3) is 0.707. The van der Waals surface area contributed by atoms with Gasteiger partial charge in [-0.05, 0) is 122 Å². The summed E-state index contributed by atoms with van der Waals surface area (Å²) in [5.74, 6) is -0.595. The lowest BCUT2D eigenvalue weighted by Gasteiger charge is -2.30. The van der Waals surface area contributed by atoms with Crippen LogP contribution in [0.4, 0.5) is 0 Å². The van der Waals surface area contributed by atoms with E-state index in [1.54, 1.807) is 0 Å². The Balaban J connectivity index is 5.10. The molecule has 0 spiro atoms. The van der Waals surface area contributed by atoms with Crippen LogP contribution in [0.3, 0.4) is 0 Å². The molecular weight excluding hydrogens is 1070 g/mol. The first kappa shape index (κ1) is 81.4. The summed E-state index contributed by atoms with van der Waals surface area (Å²) in [6, 6.07) is -0.915. The van der Waals surface area contributed by atoms with Crippen LogP contribution in [-0.4, -0.2) is 69.4 Å². The van der Waals surface area contributed by atoms with Crippen LogP contribution in [-0.2, 0) is 27.9 Å². The highest BCUT2D eigenvalue weighted by Crippen LogP contribution is 2.38. The largest absolute Gasteiger partial charge is 0.756 e. The van der Waals surface area contributed by atoms with Crippen molar-refractivity contribution in [3.05, 3.63) is 122 Å². The van der Waals surface area contributed by atoms with Gasteiger partial charge in [-0.15, -0.1) is 0 Å². The van der Waals surface area contributed by atoms with Gasteiger partial charge in [0.25, 0.3) is 7.82 Å². The maximum absolute atomic E-state index is 13.6. The van der Waals surface area contributed by atoms with Crippen LogP contribution in [0.2, 0.25) is 0 Å². The van der Waals surface area contributed by atoms with Crippen LogP contribution in [0.5, 0.6) is 0 Å². The van der Waals surface area contributed by atoms with Crippen molar-refractivity contribution < 1.29 is 37.3 Å². The second kappa shape index (κ2) is 63.4. The number of phosphoric ester groups is 1. The molecular formula is C75H131N2O7P. The van der Waals surface area contributed by atoms with Gasteiger partial charge in [0.2, 0.25) is 5.91 Å². The third kappa shape index (κ3) is 64.7. The lowest BCUT2D eigenvalue weighted by Crippen LogP contribution is -2.47. The molecule has 0 radical (unpaired) electrons. The van der Waals surface area contributed by atoms with Gasteiger partial charge in [-0.1, -0.05) is 277 Å². The highest BCUT2D eigenvalue weighted by molar-refractivity contribution is 7.45. The zero-order chi connectivity index (χ0) is 62.1. The van der Waals surface area contributed by atoms with E-state index in [-0.39, 0.29) is 24.9 Å². The van der Waals surface area contributed by atoms with E-state index in [1.165, 1.54) is 141 Å². The molecule has 3 atom stereocenters. The minimum Gasteiger partial charge on any atom is -0.756 e. The maximum Gasteiger partial charge on any atom is 0.306 e. The van der Waals surface area contributed by atoms with Gasteiger partial charge in [0, 0.05) is 12.8 Å². The molecule has 3 unspecified atom stereocenters. The molecule has 0 saturated heterocycles. The number of esters is 1. The average Bonchev–Trinajstić information content (AvgIpc) is 3.63. The number of allylic oxidation sites excluding steroid dienone is 19. The standard InChI is InChI=1S/C75H131N2O7P/c1-7-10-13-16-19-22-25-27-29-31-33-35-36-37-38-39-40-42-43-45-47-49-52-55-58-61-64-67-74(78)76-72(71-83-85(80,81)82-70-69-77(4,5)6)73(66-63-60-57-54-51-24-21-18-15-12-9-3)84-75(79)68-65-62-59-56-53-50-48-46-44-41-34-32-30-28-26-23-20-17-14-11-8-2/h11,14,19-20,22-23,27-30,33-35,41,46,48,53,56,63,66,72-73H,7-10,12-13,15-18,21,24-26,31-32,36-40,42-45,47,49-52,54-55,57-62,64-65,67-71H2,1-6H3,(H-,76,78,80,81)/b14-11-,22-19-,23-20-,29-27-,30-28-,35-33-,41-34-,48-46-,56-53-,66-63-. The molecule has 0 saturated carbocycles. The Hall–Kier alpha value is -3.59. The summed E-state index contributed by atoms with van der Waals surface area (Å²) in [6.07, 6.45) is 89.0. The second-order valence-electron chi connectivity index (χ2n) is 24.3. The molecule has 85 heavy (non-hydrogen) atoms. The van der Waals surface area contributed by atoms with Crippen molar-refractivity contribution in [1.29, 1.82) is 0 Å². The number of carbonyl (C=O) groups is 2. The number of carbonyl (C=O) groups excluding carboxylic acids is 2. The molecule has 0 rings (SSSR count). The first-order valence-electron chi connectivity index (χ1n) is 34.8. The van der Waals surface area contributed by atoms with Crippen molar-refractivity contribution in [3.63, 3.8) is 0 Å². The Bertz CT molecular complexity index is 1870. The number of nitrogens with one attached hydrogen (secondary N) is 1. The molecule has 9 nitrogen and oxygen atoms in total. The van der Waals surface area contributed by atoms with Crippen LogP contribution >= 0.6 is 7.82 Å². The number of ether oxygens (including phenoxy) is 1. The monoisotopic (exact) mass is 1200 g/mol. The van der Waals surface area contributed by atoms with Gasteiger partial charge >= 0.3 is 5.97 Å². The molecule has 10 heteroatoms. The number of hydrogen-bond acceptors (Lipinski definition) is 7. The summed E-state index contributed by atoms with van der Waals surface area (Å²) < 4.78 is 30.4. The number of unbranched alkanes of at least 4 members (excludes halogenated alkanes) is 28. The zero-order valence-corrected chi connectivity index (χ0v) is 56.7. The molecule has 0 aromatic rings. The summed E-state index contributed by atoms with van der Waals surface area (Å²) in [5, 5.41) is 3.03. The first-order valence-corrected chi connectivity index (χ1v) is 36.3. The van der Waals surface area contributed by atoms with Gasteiger partial charge in [0.15, 0.2) is 0 Å². The number of nitrogens with zero attached hydrogens (tertiary/aromatic N) is 1. The van der Waals surface area contributed by atoms with Gasteiger partial charge in [0.1, 0.15) is 19.3 Å². The highest BCUT2D eigenvalue weighted by atomic mass is 31.2. The maximum atomic E-state index is 13.6. The first-order chi connectivity index (χ1) is 41.4. The van der Waals surface area contributed by atoms with E-state index >= 15 is 0 Å². The summed E-state index contributed by atoms with van der Waals surface area (Å²) in [5.41, 5.74) is 0. The van der Waals surface area contributed by atoms with Crippen molar-refractivity contribution in [2.45, 2.75) is 303 Å². The Labute approximate surface area is 524 Å². The number of rotatable bonds is 62. The minimum atomic E-state index is -4.72. The van der Waals surface area contributed by atoms with Gasteiger partial charge in [-0.25, -0.2) is 0 Å². The molecule has 0 aliphatic carbocycles. The number of hydrogen-bond donors (Lipinski definition) is 1. The minimum absolute atomic E-state index is 0.0350. The third-order valence-corrected chi connectivity index (χ3v) is 15.8. The van der Waals surface area contributed by atoms with E-state index in [0.29, 0.717) is 23.9 Å². The number of quaternary nitrogens is 1. The SMILES string of the molecule is CC/C=C\C/C=C\C/C=C\C/C=C\C/C=C\C/C=C\CCCCC(=O)OC(/C=C\CCCCCCCCCCC)C(COP(=O)([O-])OCC[N+](C)(C)C)NC(=O)CCCCCCCCCCCCCCCC/C=C\C/C=C\C/C=C\CCCCC. The molecule has 0 aromatic heterocycles. The zero-order valence-electron chi connectivity index (χ0n) is 55.8. The van der Waals surface area contributed by atoms with Crippen LogP contribution in [0.25, 0.3) is 0 Å². The van der Waals surface area contributed by atoms with Crippen molar-refractivity contribution in [2.24, 2.45) is 0 Å². The highest BCUT2D eigenvalue weighted by Gasteiger charge is 2.27. The Morgan fingerprint density at radius 2 is 0.753 bits per heavy atom. The summed E-state index contributed by atoms with van der Waals surface area (Å²) in [4.78, 5) is 40.1. The summed E-state index contributed by atoms with van der Waals surface area (Å²) >= 11 is 0. The average molecular weight is 1200 g/mol. The van der Waals surface area contributed by atoms with E-state index in [9.17, 15) is 19.0 Å². The fourth-order valence-electron chi connectivity index (χ4n) is 9.53. The second-order valence-corrected chi connectivity index (χ2v) is 25.7. The van der Waals surface area contributed by atoms with Gasteiger partial charge in [-0.2, -0.15) is 0 Å². The molecule has 1 N–H and O–H groups in total. The van der Waals surface area contributed by atoms with E-state index in [2.05, 4.69) is 135 Å².